The van der Waals surface area contributed by atoms with Crippen molar-refractivity contribution in [2.24, 2.45) is 0 Å². The Labute approximate surface area is 144 Å². The van der Waals surface area contributed by atoms with Crippen molar-refractivity contribution in [2.75, 3.05) is 40.9 Å². The highest BCUT2D eigenvalue weighted by molar-refractivity contribution is 5.74. The molecule has 2 amide bonds. The van der Waals surface area contributed by atoms with Crippen molar-refractivity contribution in [3.8, 4) is 11.5 Å². The number of amides is 2. The van der Waals surface area contributed by atoms with Gasteiger partial charge in [-0.2, -0.15) is 0 Å². The summed E-state index contributed by atoms with van der Waals surface area (Å²) in [4.78, 5) is 16.6. The Hall–Kier alpha value is -1.95. The first-order valence-electron chi connectivity index (χ1n) is 8.47. The molecule has 0 spiro atoms. The summed E-state index contributed by atoms with van der Waals surface area (Å²) in [5.41, 5.74) is 1.12. The molecule has 2 atom stereocenters. The third-order valence-corrected chi connectivity index (χ3v) is 4.71. The van der Waals surface area contributed by atoms with E-state index in [4.69, 9.17) is 9.47 Å². The molecule has 2 unspecified atom stereocenters. The average molecular weight is 335 g/mol. The van der Waals surface area contributed by atoms with Gasteiger partial charge in [-0.1, -0.05) is 13.0 Å². The lowest BCUT2D eigenvalue weighted by Gasteiger charge is -2.40. The lowest BCUT2D eigenvalue weighted by molar-refractivity contribution is 0.108. The van der Waals surface area contributed by atoms with E-state index >= 15 is 0 Å². The summed E-state index contributed by atoms with van der Waals surface area (Å²) in [7, 11) is 5.36. The van der Waals surface area contributed by atoms with E-state index in [9.17, 15) is 4.79 Å². The van der Waals surface area contributed by atoms with Gasteiger partial charge in [0.2, 0.25) is 0 Å². The van der Waals surface area contributed by atoms with E-state index in [0.29, 0.717) is 18.0 Å². The van der Waals surface area contributed by atoms with Gasteiger partial charge in [0, 0.05) is 25.7 Å². The van der Waals surface area contributed by atoms with Crippen LogP contribution in [0.25, 0.3) is 0 Å². The Morgan fingerprint density at radius 2 is 2.00 bits per heavy atom. The monoisotopic (exact) mass is 335 g/mol. The van der Waals surface area contributed by atoms with Crippen LogP contribution in [0.5, 0.6) is 11.5 Å². The standard InChI is InChI=1S/C18H29N3O3/c1-6-13(2)19-18(22)21-10-9-20(3)15(12-21)14-7-8-16(23-4)17(11-14)24-5/h7-8,11,13,15H,6,9-10,12H2,1-5H3,(H,19,22). The minimum absolute atomic E-state index is 0.0166. The Bertz CT molecular complexity index is 564. The predicted molar refractivity (Wildman–Crippen MR) is 94.8 cm³/mol. The molecule has 0 aromatic heterocycles. The number of methoxy groups -OCH3 is 2. The van der Waals surface area contributed by atoms with Gasteiger partial charge in [0.15, 0.2) is 11.5 Å². The van der Waals surface area contributed by atoms with Crippen LogP contribution < -0.4 is 14.8 Å². The van der Waals surface area contributed by atoms with Gasteiger partial charge in [-0.05, 0) is 38.1 Å². The molecule has 1 aromatic carbocycles. The van der Waals surface area contributed by atoms with Crippen LogP contribution in [0.4, 0.5) is 4.79 Å². The fourth-order valence-corrected chi connectivity index (χ4v) is 2.88. The van der Waals surface area contributed by atoms with E-state index in [1.807, 2.05) is 30.0 Å². The summed E-state index contributed by atoms with van der Waals surface area (Å²) < 4.78 is 10.7. The third-order valence-electron chi connectivity index (χ3n) is 4.71. The van der Waals surface area contributed by atoms with Gasteiger partial charge in [-0.15, -0.1) is 0 Å². The number of piperazine rings is 1. The number of benzene rings is 1. The van der Waals surface area contributed by atoms with Gasteiger partial charge in [0.05, 0.1) is 20.3 Å². The Kier molecular flexibility index (Phi) is 6.31. The van der Waals surface area contributed by atoms with Crippen LogP contribution >= 0.6 is 0 Å². The molecule has 1 aliphatic heterocycles. The number of urea groups is 1. The van der Waals surface area contributed by atoms with E-state index in [1.54, 1.807) is 14.2 Å². The number of nitrogens with one attached hydrogen (secondary N) is 1. The average Bonchev–Trinajstić information content (AvgIpc) is 2.61. The minimum atomic E-state index is 0.0166. The van der Waals surface area contributed by atoms with E-state index in [0.717, 1.165) is 25.1 Å². The van der Waals surface area contributed by atoms with Crippen molar-refractivity contribution in [1.29, 1.82) is 0 Å². The molecule has 1 aliphatic rings. The largest absolute Gasteiger partial charge is 0.493 e. The summed E-state index contributed by atoms with van der Waals surface area (Å²) in [6.45, 7) is 6.34. The summed E-state index contributed by atoms with van der Waals surface area (Å²) in [5.74, 6) is 1.43. The van der Waals surface area contributed by atoms with Gasteiger partial charge in [-0.25, -0.2) is 4.79 Å². The molecule has 0 bridgehead atoms. The summed E-state index contributed by atoms with van der Waals surface area (Å²) in [5, 5.41) is 3.05. The van der Waals surface area contributed by atoms with Gasteiger partial charge >= 0.3 is 6.03 Å². The highest BCUT2D eigenvalue weighted by Crippen LogP contribution is 2.33. The molecule has 1 N–H and O–H groups in total. The molecule has 1 heterocycles. The molecule has 0 radical (unpaired) electrons. The molecule has 2 rings (SSSR count). The van der Waals surface area contributed by atoms with Crippen molar-refractivity contribution in [3.05, 3.63) is 23.8 Å². The zero-order chi connectivity index (χ0) is 17.7. The second-order valence-corrected chi connectivity index (χ2v) is 6.32. The van der Waals surface area contributed by atoms with Gasteiger partial charge in [0.1, 0.15) is 0 Å². The summed E-state index contributed by atoms with van der Waals surface area (Å²) in [6.07, 6.45) is 0.929. The molecular formula is C18H29N3O3. The first-order valence-corrected chi connectivity index (χ1v) is 8.47. The van der Waals surface area contributed by atoms with Crippen molar-refractivity contribution in [3.63, 3.8) is 0 Å². The smallest absolute Gasteiger partial charge is 0.317 e. The van der Waals surface area contributed by atoms with Crippen LogP contribution in [-0.4, -0.2) is 62.8 Å². The van der Waals surface area contributed by atoms with Crippen molar-refractivity contribution in [1.82, 2.24) is 15.1 Å². The molecule has 6 heteroatoms. The second-order valence-electron chi connectivity index (χ2n) is 6.32. The number of carbonyl (C=O) groups excluding carboxylic acids is 1. The molecule has 134 valence electrons. The summed E-state index contributed by atoms with van der Waals surface area (Å²) in [6, 6.07) is 6.30. The number of hydrogen-bond acceptors (Lipinski definition) is 4. The predicted octanol–water partition coefficient (Wildman–Crippen LogP) is 2.50. The number of ether oxygens (including phenoxy) is 2. The Balaban J connectivity index is 2.15. The van der Waals surface area contributed by atoms with E-state index in [-0.39, 0.29) is 18.1 Å². The van der Waals surface area contributed by atoms with Crippen molar-refractivity contribution < 1.29 is 14.3 Å². The highest BCUT2D eigenvalue weighted by Gasteiger charge is 2.29. The van der Waals surface area contributed by atoms with Crippen molar-refractivity contribution >= 4 is 6.03 Å². The van der Waals surface area contributed by atoms with Gasteiger partial charge < -0.3 is 19.7 Å². The van der Waals surface area contributed by atoms with Crippen LogP contribution in [0.3, 0.4) is 0 Å². The normalized spacial score (nSPS) is 19.7. The number of hydrogen-bond donors (Lipinski definition) is 1. The first-order chi connectivity index (χ1) is 11.5. The first kappa shape index (κ1) is 18.4. The zero-order valence-corrected chi connectivity index (χ0v) is 15.3. The third kappa shape index (κ3) is 4.12. The number of rotatable bonds is 5. The van der Waals surface area contributed by atoms with Crippen molar-refractivity contribution in [2.45, 2.75) is 32.4 Å². The van der Waals surface area contributed by atoms with Gasteiger partial charge in [0.25, 0.3) is 0 Å². The van der Waals surface area contributed by atoms with Gasteiger partial charge in [-0.3, -0.25) is 4.90 Å². The fourth-order valence-electron chi connectivity index (χ4n) is 2.88. The maximum atomic E-state index is 12.4. The Morgan fingerprint density at radius 1 is 1.29 bits per heavy atom. The summed E-state index contributed by atoms with van der Waals surface area (Å²) >= 11 is 0. The fraction of sp³-hybridized carbons (Fsp3) is 0.611. The van der Waals surface area contributed by atoms with Crippen LogP contribution in [-0.2, 0) is 0 Å². The lowest BCUT2D eigenvalue weighted by Crippen LogP contribution is -2.53. The molecule has 0 saturated carbocycles. The number of carbonyl (C=O) groups is 1. The van der Waals surface area contributed by atoms with E-state index < -0.39 is 0 Å². The van der Waals surface area contributed by atoms with Crippen LogP contribution in [0.1, 0.15) is 31.9 Å². The molecule has 1 aromatic rings. The molecule has 24 heavy (non-hydrogen) atoms. The minimum Gasteiger partial charge on any atom is -0.493 e. The molecule has 6 nitrogen and oxygen atoms in total. The second kappa shape index (κ2) is 8.24. The maximum Gasteiger partial charge on any atom is 0.317 e. The quantitative estimate of drug-likeness (QED) is 0.898. The van der Waals surface area contributed by atoms with Crippen LogP contribution in [0.2, 0.25) is 0 Å². The molecule has 1 saturated heterocycles. The topological polar surface area (TPSA) is 54.0 Å². The molecule has 1 fully saturated rings. The number of nitrogens with zero attached hydrogens (tertiary/aromatic N) is 2. The van der Waals surface area contributed by atoms with Crippen LogP contribution in [0.15, 0.2) is 18.2 Å². The number of likely N-dealkylation sites (N-methyl/N-ethyl adjacent to an activating group) is 1. The van der Waals surface area contributed by atoms with E-state index in [2.05, 4.69) is 24.2 Å². The molecular weight excluding hydrogens is 306 g/mol. The highest BCUT2D eigenvalue weighted by atomic mass is 16.5. The van der Waals surface area contributed by atoms with E-state index in [1.165, 1.54) is 0 Å². The SMILES string of the molecule is CCC(C)NC(=O)N1CCN(C)C(c2ccc(OC)c(OC)c2)C1. The maximum absolute atomic E-state index is 12.4. The zero-order valence-electron chi connectivity index (χ0n) is 15.3. The molecule has 0 aliphatic carbocycles. The Morgan fingerprint density at radius 3 is 2.62 bits per heavy atom. The van der Waals surface area contributed by atoms with Crippen LogP contribution in [0, 0.1) is 0 Å². The lowest BCUT2D eigenvalue weighted by atomic mass is 10.0.